The Morgan fingerprint density at radius 2 is 1.77 bits per heavy atom. The van der Waals surface area contributed by atoms with Gasteiger partial charge in [-0.2, -0.15) is 0 Å². The van der Waals surface area contributed by atoms with E-state index in [1.807, 2.05) is 36.4 Å². The number of methoxy groups -OCH3 is 1. The molecule has 1 fully saturated rings. The Bertz CT molecular complexity index is 983. The highest BCUT2D eigenvalue weighted by Gasteiger charge is 2.12. The van der Waals surface area contributed by atoms with Gasteiger partial charge in [0.05, 0.1) is 13.3 Å². The third-order valence-corrected chi connectivity index (χ3v) is 5.90. The maximum Gasteiger partial charge on any atom is 0.256 e. The van der Waals surface area contributed by atoms with E-state index in [4.69, 9.17) is 9.47 Å². The molecule has 4 rings (SSSR count). The summed E-state index contributed by atoms with van der Waals surface area (Å²) in [6.45, 7) is 3.94. The Labute approximate surface area is 186 Å². The lowest BCUT2D eigenvalue weighted by molar-refractivity contribution is 0.102. The van der Waals surface area contributed by atoms with Crippen molar-refractivity contribution >= 4 is 33.1 Å². The maximum absolute atomic E-state index is 12.5. The predicted octanol–water partition coefficient (Wildman–Crippen LogP) is 4.62. The summed E-state index contributed by atoms with van der Waals surface area (Å²) < 4.78 is 11.0. The number of ether oxygens (including phenoxy) is 2. The largest absolute Gasteiger partial charge is 0.497 e. The van der Waals surface area contributed by atoms with Crippen LogP contribution >= 0.6 is 11.3 Å². The van der Waals surface area contributed by atoms with E-state index in [2.05, 4.69) is 20.5 Å². The standard InChI is InChI=1S/C23H26N4O3S/c1-29-19-10-6-18(7-11-19)25-23-24-16-21(31-23)26-22(28)17-4-8-20(9-5-17)30-15-14-27-12-2-3-13-27/h4-11,16H,2-3,12-15H2,1H3,(H,24,25)(H,26,28). The van der Waals surface area contributed by atoms with Gasteiger partial charge in [-0.1, -0.05) is 11.3 Å². The van der Waals surface area contributed by atoms with Crippen molar-refractivity contribution in [2.24, 2.45) is 0 Å². The van der Waals surface area contributed by atoms with Crippen molar-refractivity contribution in [1.82, 2.24) is 9.88 Å². The van der Waals surface area contributed by atoms with Gasteiger partial charge in [-0.3, -0.25) is 9.69 Å². The molecular formula is C23H26N4O3S. The van der Waals surface area contributed by atoms with E-state index < -0.39 is 0 Å². The Hall–Kier alpha value is -3.10. The smallest absolute Gasteiger partial charge is 0.256 e. The highest BCUT2D eigenvalue weighted by molar-refractivity contribution is 7.19. The first-order valence-corrected chi connectivity index (χ1v) is 11.1. The van der Waals surface area contributed by atoms with Gasteiger partial charge < -0.3 is 20.1 Å². The SMILES string of the molecule is COc1ccc(Nc2ncc(NC(=O)c3ccc(OCCN4CCCC4)cc3)s2)cc1. The van der Waals surface area contributed by atoms with Crippen LogP contribution in [0.4, 0.5) is 15.8 Å². The average molecular weight is 439 g/mol. The van der Waals surface area contributed by atoms with Crippen molar-refractivity contribution in [3.63, 3.8) is 0 Å². The van der Waals surface area contributed by atoms with Crippen molar-refractivity contribution in [3.8, 4) is 11.5 Å². The van der Waals surface area contributed by atoms with Crippen molar-refractivity contribution in [3.05, 3.63) is 60.3 Å². The first-order chi connectivity index (χ1) is 15.2. The van der Waals surface area contributed by atoms with E-state index in [0.29, 0.717) is 22.3 Å². The number of rotatable bonds is 9. The molecule has 0 atom stereocenters. The minimum atomic E-state index is -0.178. The fraction of sp³-hybridized carbons (Fsp3) is 0.304. The number of carbonyl (C=O) groups excluding carboxylic acids is 1. The molecule has 3 aromatic rings. The third-order valence-electron chi connectivity index (χ3n) is 5.08. The molecule has 0 radical (unpaired) electrons. The lowest BCUT2D eigenvalue weighted by atomic mass is 10.2. The number of amides is 1. The third kappa shape index (κ3) is 5.96. The van der Waals surface area contributed by atoms with Crippen LogP contribution in [0, 0.1) is 0 Å². The van der Waals surface area contributed by atoms with Gasteiger partial charge in [0.1, 0.15) is 23.1 Å². The Morgan fingerprint density at radius 3 is 2.48 bits per heavy atom. The molecule has 0 bridgehead atoms. The zero-order valence-electron chi connectivity index (χ0n) is 17.5. The fourth-order valence-electron chi connectivity index (χ4n) is 3.37. The van der Waals surface area contributed by atoms with Crippen LogP contribution in [-0.2, 0) is 0 Å². The highest BCUT2D eigenvalue weighted by Crippen LogP contribution is 2.27. The molecule has 0 spiro atoms. The van der Waals surface area contributed by atoms with Crippen LogP contribution in [0.5, 0.6) is 11.5 Å². The molecule has 1 aromatic heterocycles. The first kappa shape index (κ1) is 21.1. The summed E-state index contributed by atoms with van der Waals surface area (Å²) in [7, 11) is 1.63. The Morgan fingerprint density at radius 1 is 1.06 bits per heavy atom. The summed E-state index contributed by atoms with van der Waals surface area (Å²) >= 11 is 1.37. The molecule has 2 heterocycles. The number of nitrogens with one attached hydrogen (secondary N) is 2. The van der Waals surface area contributed by atoms with Crippen LogP contribution in [-0.4, -0.2) is 49.1 Å². The second-order valence-electron chi connectivity index (χ2n) is 7.26. The number of hydrogen-bond donors (Lipinski definition) is 2. The number of nitrogens with zero attached hydrogens (tertiary/aromatic N) is 2. The molecule has 1 aliphatic heterocycles. The van der Waals surface area contributed by atoms with E-state index in [0.717, 1.165) is 36.8 Å². The molecule has 7 nitrogen and oxygen atoms in total. The lowest BCUT2D eigenvalue weighted by Gasteiger charge is -2.15. The zero-order chi connectivity index (χ0) is 21.5. The summed E-state index contributed by atoms with van der Waals surface area (Å²) in [4.78, 5) is 19.3. The van der Waals surface area contributed by atoms with E-state index in [1.54, 1.807) is 25.4 Å². The van der Waals surface area contributed by atoms with E-state index in [-0.39, 0.29) is 5.91 Å². The molecule has 2 N–H and O–H groups in total. The molecule has 162 valence electrons. The first-order valence-electron chi connectivity index (χ1n) is 10.3. The Kier molecular flexibility index (Phi) is 7.01. The summed E-state index contributed by atoms with van der Waals surface area (Å²) in [6.07, 6.45) is 4.20. The molecule has 31 heavy (non-hydrogen) atoms. The molecular weight excluding hydrogens is 412 g/mol. The van der Waals surface area contributed by atoms with E-state index >= 15 is 0 Å². The second kappa shape index (κ2) is 10.3. The van der Waals surface area contributed by atoms with Gasteiger partial charge in [-0.15, -0.1) is 0 Å². The summed E-state index contributed by atoms with van der Waals surface area (Å²) in [5.74, 6) is 1.39. The highest BCUT2D eigenvalue weighted by atomic mass is 32.1. The molecule has 1 amide bonds. The second-order valence-corrected chi connectivity index (χ2v) is 8.29. The molecule has 0 saturated carbocycles. The summed E-state index contributed by atoms with van der Waals surface area (Å²) in [6, 6.07) is 14.8. The molecule has 0 unspecified atom stereocenters. The minimum Gasteiger partial charge on any atom is -0.497 e. The minimum absolute atomic E-state index is 0.178. The van der Waals surface area contributed by atoms with Gasteiger partial charge in [-0.25, -0.2) is 4.98 Å². The normalized spacial score (nSPS) is 13.7. The van der Waals surface area contributed by atoms with Gasteiger partial charge in [-0.05, 0) is 74.5 Å². The van der Waals surface area contributed by atoms with Crippen molar-refractivity contribution in [1.29, 1.82) is 0 Å². The molecule has 0 aliphatic carbocycles. The van der Waals surface area contributed by atoms with Crippen LogP contribution in [0.1, 0.15) is 23.2 Å². The number of thiazole rings is 1. The van der Waals surface area contributed by atoms with E-state index in [1.165, 1.54) is 24.2 Å². The van der Waals surface area contributed by atoms with Crippen LogP contribution in [0.15, 0.2) is 54.7 Å². The van der Waals surface area contributed by atoms with Crippen LogP contribution in [0.2, 0.25) is 0 Å². The number of carbonyl (C=O) groups is 1. The summed E-state index contributed by atoms with van der Waals surface area (Å²) in [5, 5.41) is 7.48. The molecule has 8 heteroatoms. The summed E-state index contributed by atoms with van der Waals surface area (Å²) in [5.41, 5.74) is 1.47. The van der Waals surface area contributed by atoms with Crippen LogP contribution < -0.4 is 20.1 Å². The quantitative estimate of drug-likeness (QED) is 0.508. The van der Waals surface area contributed by atoms with Gasteiger partial charge >= 0.3 is 0 Å². The van der Waals surface area contributed by atoms with Gasteiger partial charge in [0.2, 0.25) is 0 Å². The fourth-order valence-corrected chi connectivity index (χ4v) is 4.10. The van der Waals surface area contributed by atoms with Gasteiger partial charge in [0, 0.05) is 17.8 Å². The van der Waals surface area contributed by atoms with Gasteiger partial charge in [0.25, 0.3) is 5.91 Å². The Balaban J connectivity index is 1.26. The number of benzene rings is 2. The zero-order valence-corrected chi connectivity index (χ0v) is 18.3. The number of likely N-dealkylation sites (tertiary alicyclic amines) is 1. The maximum atomic E-state index is 12.5. The van der Waals surface area contributed by atoms with Gasteiger partial charge in [0.15, 0.2) is 5.13 Å². The molecule has 1 aliphatic rings. The number of aromatic nitrogens is 1. The average Bonchev–Trinajstić information content (AvgIpc) is 3.47. The van der Waals surface area contributed by atoms with Crippen molar-refractivity contribution < 1.29 is 14.3 Å². The number of hydrogen-bond acceptors (Lipinski definition) is 7. The lowest BCUT2D eigenvalue weighted by Crippen LogP contribution is -2.25. The molecule has 2 aromatic carbocycles. The predicted molar refractivity (Wildman–Crippen MR) is 124 cm³/mol. The van der Waals surface area contributed by atoms with E-state index in [9.17, 15) is 4.79 Å². The topological polar surface area (TPSA) is 75.7 Å². The molecule has 1 saturated heterocycles. The van der Waals surface area contributed by atoms with Crippen molar-refractivity contribution in [2.75, 3.05) is 44.0 Å². The number of anilines is 3. The monoisotopic (exact) mass is 438 g/mol. The van der Waals surface area contributed by atoms with Crippen molar-refractivity contribution in [2.45, 2.75) is 12.8 Å². The van der Waals surface area contributed by atoms with Crippen LogP contribution in [0.25, 0.3) is 0 Å². The van der Waals surface area contributed by atoms with Crippen LogP contribution in [0.3, 0.4) is 0 Å².